The Morgan fingerprint density at radius 1 is 1.17 bits per heavy atom. The van der Waals surface area contributed by atoms with Gasteiger partial charge < -0.3 is 5.73 Å². The SMILES string of the molecule is CCCc1ccc(C(N)CSCCC(C)C)cc1. The first-order valence-electron chi connectivity index (χ1n) is 7.05. The number of nitrogens with two attached hydrogens (primary N) is 1. The van der Waals surface area contributed by atoms with Crippen molar-refractivity contribution in [2.24, 2.45) is 11.7 Å². The lowest BCUT2D eigenvalue weighted by molar-refractivity contribution is 0.631. The molecule has 0 fully saturated rings. The van der Waals surface area contributed by atoms with Crippen molar-refractivity contribution in [3.8, 4) is 0 Å². The minimum Gasteiger partial charge on any atom is -0.323 e. The summed E-state index contributed by atoms with van der Waals surface area (Å²) in [4.78, 5) is 0. The molecule has 0 saturated heterocycles. The first-order chi connectivity index (χ1) is 8.63. The molecule has 1 rings (SSSR count). The highest BCUT2D eigenvalue weighted by molar-refractivity contribution is 7.99. The molecule has 0 aromatic heterocycles. The van der Waals surface area contributed by atoms with Crippen molar-refractivity contribution in [3.05, 3.63) is 35.4 Å². The molecule has 2 heteroatoms. The van der Waals surface area contributed by atoms with Gasteiger partial charge in [0.15, 0.2) is 0 Å². The van der Waals surface area contributed by atoms with E-state index in [-0.39, 0.29) is 6.04 Å². The Hall–Kier alpha value is -0.470. The second kappa shape index (κ2) is 8.60. The number of benzene rings is 1. The van der Waals surface area contributed by atoms with Crippen LogP contribution in [0.4, 0.5) is 0 Å². The van der Waals surface area contributed by atoms with Gasteiger partial charge in [-0.2, -0.15) is 11.8 Å². The third kappa shape index (κ3) is 5.92. The van der Waals surface area contributed by atoms with Crippen molar-refractivity contribution in [1.29, 1.82) is 0 Å². The van der Waals surface area contributed by atoms with Gasteiger partial charge in [0.25, 0.3) is 0 Å². The molecule has 1 unspecified atom stereocenters. The van der Waals surface area contributed by atoms with Crippen LogP contribution in [0.5, 0.6) is 0 Å². The summed E-state index contributed by atoms with van der Waals surface area (Å²) in [5.74, 6) is 3.04. The molecule has 0 bridgehead atoms. The number of hydrogen-bond donors (Lipinski definition) is 1. The zero-order valence-electron chi connectivity index (χ0n) is 12.0. The van der Waals surface area contributed by atoms with Crippen LogP contribution in [0.15, 0.2) is 24.3 Å². The zero-order chi connectivity index (χ0) is 13.4. The summed E-state index contributed by atoms with van der Waals surface area (Å²) in [5, 5.41) is 0. The average molecular weight is 265 g/mol. The Kier molecular flexibility index (Phi) is 7.45. The molecule has 0 aliphatic carbocycles. The molecular formula is C16H27NS. The van der Waals surface area contributed by atoms with Gasteiger partial charge in [0, 0.05) is 11.8 Å². The molecule has 102 valence electrons. The van der Waals surface area contributed by atoms with Gasteiger partial charge in [-0.1, -0.05) is 51.5 Å². The molecule has 0 spiro atoms. The maximum Gasteiger partial charge on any atom is 0.0386 e. The van der Waals surface area contributed by atoms with Gasteiger partial charge in [0.05, 0.1) is 0 Å². The van der Waals surface area contributed by atoms with E-state index in [4.69, 9.17) is 5.73 Å². The molecule has 2 N–H and O–H groups in total. The summed E-state index contributed by atoms with van der Waals surface area (Å²) in [6, 6.07) is 9.00. The van der Waals surface area contributed by atoms with Crippen LogP contribution >= 0.6 is 11.8 Å². The van der Waals surface area contributed by atoms with Gasteiger partial charge >= 0.3 is 0 Å². The van der Waals surface area contributed by atoms with Crippen LogP contribution in [0.3, 0.4) is 0 Å². The topological polar surface area (TPSA) is 26.0 Å². The lowest BCUT2D eigenvalue weighted by atomic mass is 10.0. The number of hydrogen-bond acceptors (Lipinski definition) is 2. The Balaban J connectivity index is 2.34. The van der Waals surface area contributed by atoms with Crippen molar-refractivity contribution < 1.29 is 0 Å². The molecule has 0 heterocycles. The van der Waals surface area contributed by atoms with Crippen molar-refractivity contribution >= 4 is 11.8 Å². The van der Waals surface area contributed by atoms with E-state index in [1.807, 2.05) is 11.8 Å². The third-order valence-corrected chi connectivity index (χ3v) is 4.20. The molecule has 1 atom stereocenters. The Bertz CT molecular complexity index is 318. The van der Waals surface area contributed by atoms with E-state index in [2.05, 4.69) is 45.0 Å². The summed E-state index contributed by atoms with van der Waals surface area (Å²) in [6.45, 7) is 6.75. The molecule has 0 amide bonds. The fraction of sp³-hybridized carbons (Fsp3) is 0.625. The molecule has 1 aromatic carbocycles. The summed E-state index contributed by atoms with van der Waals surface area (Å²) < 4.78 is 0. The van der Waals surface area contributed by atoms with E-state index < -0.39 is 0 Å². The molecule has 0 aliphatic heterocycles. The third-order valence-electron chi connectivity index (χ3n) is 3.08. The highest BCUT2D eigenvalue weighted by atomic mass is 32.2. The molecule has 18 heavy (non-hydrogen) atoms. The van der Waals surface area contributed by atoms with Crippen LogP contribution in [0.2, 0.25) is 0 Å². The summed E-state index contributed by atoms with van der Waals surface area (Å²) >= 11 is 1.97. The lowest BCUT2D eigenvalue weighted by Crippen LogP contribution is -2.13. The fourth-order valence-corrected chi connectivity index (χ4v) is 3.10. The van der Waals surface area contributed by atoms with Crippen molar-refractivity contribution in [3.63, 3.8) is 0 Å². The second-order valence-electron chi connectivity index (χ2n) is 5.36. The van der Waals surface area contributed by atoms with Crippen LogP contribution in [-0.2, 0) is 6.42 Å². The van der Waals surface area contributed by atoms with Gasteiger partial charge in [0.2, 0.25) is 0 Å². The van der Waals surface area contributed by atoms with E-state index in [0.717, 1.165) is 11.7 Å². The predicted molar refractivity (Wildman–Crippen MR) is 84.1 cm³/mol. The number of thioether (sulfide) groups is 1. The first-order valence-corrected chi connectivity index (χ1v) is 8.21. The van der Waals surface area contributed by atoms with E-state index in [0.29, 0.717) is 0 Å². The zero-order valence-corrected chi connectivity index (χ0v) is 12.8. The second-order valence-corrected chi connectivity index (χ2v) is 6.51. The molecule has 1 aromatic rings. The Morgan fingerprint density at radius 2 is 1.83 bits per heavy atom. The largest absolute Gasteiger partial charge is 0.323 e. The van der Waals surface area contributed by atoms with Gasteiger partial charge in [-0.15, -0.1) is 0 Å². The van der Waals surface area contributed by atoms with Crippen molar-refractivity contribution in [2.75, 3.05) is 11.5 Å². The maximum atomic E-state index is 6.22. The van der Waals surface area contributed by atoms with Crippen molar-refractivity contribution in [2.45, 2.75) is 46.1 Å². The van der Waals surface area contributed by atoms with Crippen LogP contribution in [0, 0.1) is 5.92 Å². The Morgan fingerprint density at radius 3 is 2.39 bits per heavy atom. The maximum absolute atomic E-state index is 6.22. The lowest BCUT2D eigenvalue weighted by Gasteiger charge is -2.13. The summed E-state index contributed by atoms with van der Waals surface area (Å²) in [7, 11) is 0. The van der Waals surface area contributed by atoms with Crippen LogP contribution < -0.4 is 5.73 Å². The van der Waals surface area contributed by atoms with E-state index in [9.17, 15) is 0 Å². The fourth-order valence-electron chi connectivity index (χ4n) is 1.85. The van der Waals surface area contributed by atoms with E-state index in [1.54, 1.807) is 0 Å². The van der Waals surface area contributed by atoms with Gasteiger partial charge in [-0.05, 0) is 35.6 Å². The van der Waals surface area contributed by atoms with Gasteiger partial charge in [-0.3, -0.25) is 0 Å². The molecule has 1 nitrogen and oxygen atoms in total. The predicted octanol–water partition coefficient (Wildman–Crippen LogP) is 4.42. The smallest absolute Gasteiger partial charge is 0.0386 e. The Labute approximate surface area is 117 Å². The molecule has 0 saturated carbocycles. The summed E-state index contributed by atoms with van der Waals surface area (Å²) in [6.07, 6.45) is 3.65. The quantitative estimate of drug-likeness (QED) is 0.704. The number of aryl methyl sites for hydroxylation is 1. The monoisotopic (exact) mass is 265 g/mol. The van der Waals surface area contributed by atoms with Crippen LogP contribution in [0.25, 0.3) is 0 Å². The summed E-state index contributed by atoms with van der Waals surface area (Å²) in [5.41, 5.74) is 8.90. The standard InChI is InChI=1S/C16H27NS/c1-4-5-14-6-8-15(9-7-14)16(17)12-18-11-10-13(2)3/h6-9,13,16H,4-5,10-12,17H2,1-3H3. The minimum atomic E-state index is 0.179. The van der Waals surface area contributed by atoms with Crippen molar-refractivity contribution in [1.82, 2.24) is 0 Å². The molecular weight excluding hydrogens is 238 g/mol. The van der Waals surface area contributed by atoms with Gasteiger partial charge in [-0.25, -0.2) is 0 Å². The molecule has 0 radical (unpaired) electrons. The normalized spacial score (nSPS) is 12.9. The average Bonchev–Trinajstić information content (AvgIpc) is 2.35. The van der Waals surface area contributed by atoms with Gasteiger partial charge in [0.1, 0.15) is 0 Å². The van der Waals surface area contributed by atoms with E-state index in [1.165, 1.54) is 36.1 Å². The number of rotatable bonds is 8. The van der Waals surface area contributed by atoms with Crippen LogP contribution in [0.1, 0.15) is 50.8 Å². The van der Waals surface area contributed by atoms with E-state index >= 15 is 0 Å². The highest BCUT2D eigenvalue weighted by Gasteiger charge is 2.06. The van der Waals surface area contributed by atoms with Crippen LogP contribution in [-0.4, -0.2) is 11.5 Å². The highest BCUT2D eigenvalue weighted by Crippen LogP contribution is 2.18. The minimum absolute atomic E-state index is 0.179. The molecule has 0 aliphatic rings. The first kappa shape index (κ1) is 15.6.